The first-order valence-electron chi connectivity index (χ1n) is 7.47. The minimum absolute atomic E-state index is 0.153. The summed E-state index contributed by atoms with van der Waals surface area (Å²) in [5.41, 5.74) is 7.36. The highest BCUT2D eigenvalue weighted by molar-refractivity contribution is 7.89. The molecule has 2 rings (SSSR count). The van der Waals surface area contributed by atoms with E-state index in [2.05, 4.69) is 11.6 Å². The Morgan fingerprint density at radius 3 is 2.76 bits per heavy atom. The number of ether oxygens (including phenoxy) is 1. The van der Waals surface area contributed by atoms with Gasteiger partial charge in [0.25, 0.3) is 0 Å². The molecule has 0 bridgehead atoms. The van der Waals surface area contributed by atoms with Crippen LogP contribution in [0.15, 0.2) is 23.1 Å². The maximum Gasteiger partial charge on any atom is 0.240 e. The van der Waals surface area contributed by atoms with Gasteiger partial charge in [0.2, 0.25) is 10.0 Å². The molecule has 118 valence electrons. The summed E-state index contributed by atoms with van der Waals surface area (Å²) in [6.45, 7) is 5.17. The molecule has 1 aromatic carbocycles. The number of rotatable bonds is 6. The summed E-state index contributed by atoms with van der Waals surface area (Å²) in [5.74, 6) is 0.247. The topological polar surface area (TPSA) is 81.4 Å². The highest BCUT2D eigenvalue weighted by Crippen LogP contribution is 2.24. The Bertz CT molecular complexity index is 587. The number of aryl methyl sites for hydroxylation is 1. The Labute approximate surface area is 126 Å². The Morgan fingerprint density at radius 2 is 2.14 bits per heavy atom. The number of sulfonamides is 1. The van der Waals surface area contributed by atoms with Gasteiger partial charge in [-0.2, -0.15) is 0 Å². The van der Waals surface area contributed by atoms with Crippen molar-refractivity contribution in [2.45, 2.75) is 44.1 Å². The fraction of sp³-hybridized carbons (Fsp3) is 0.600. The Morgan fingerprint density at radius 1 is 1.38 bits per heavy atom. The minimum atomic E-state index is -3.51. The van der Waals surface area contributed by atoms with Gasteiger partial charge in [-0.1, -0.05) is 19.9 Å². The normalized spacial score (nSPS) is 22.6. The zero-order chi connectivity index (χ0) is 15.5. The molecule has 5 nitrogen and oxygen atoms in total. The van der Waals surface area contributed by atoms with E-state index in [9.17, 15) is 8.42 Å². The molecule has 1 aliphatic heterocycles. The Kier molecular flexibility index (Phi) is 5.24. The third-order valence-electron chi connectivity index (χ3n) is 4.09. The maximum atomic E-state index is 12.3. The molecule has 6 heteroatoms. The van der Waals surface area contributed by atoms with Crippen LogP contribution in [0.2, 0.25) is 0 Å². The average molecular weight is 312 g/mol. The molecule has 1 saturated heterocycles. The molecule has 2 unspecified atom stereocenters. The predicted octanol–water partition coefficient (Wildman–Crippen LogP) is 1.92. The number of hydrogen-bond donors (Lipinski definition) is 2. The van der Waals surface area contributed by atoms with Gasteiger partial charge in [0.15, 0.2) is 0 Å². The lowest BCUT2D eigenvalue weighted by Crippen LogP contribution is -2.32. The second-order valence-corrected chi connectivity index (χ2v) is 7.20. The van der Waals surface area contributed by atoms with E-state index in [1.165, 1.54) is 6.07 Å². The summed E-state index contributed by atoms with van der Waals surface area (Å²) in [6, 6.07) is 4.92. The van der Waals surface area contributed by atoms with Crippen LogP contribution in [0.4, 0.5) is 5.69 Å². The monoisotopic (exact) mass is 312 g/mol. The smallest absolute Gasteiger partial charge is 0.240 e. The van der Waals surface area contributed by atoms with E-state index in [4.69, 9.17) is 10.5 Å². The minimum Gasteiger partial charge on any atom is -0.398 e. The van der Waals surface area contributed by atoms with Crippen LogP contribution in [0.1, 0.15) is 32.3 Å². The largest absolute Gasteiger partial charge is 0.398 e. The Hall–Kier alpha value is -1.11. The predicted molar refractivity (Wildman–Crippen MR) is 83.6 cm³/mol. The van der Waals surface area contributed by atoms with Crippen molar-refractivity contribution in [2.24, 2.45) is 5.92 Å². The third kappa shape index (κ3) is 3.75. The number of nitrogen functional groups attached to an aromatic ring is 1. The highest BCUT2D eigenvalue weighted by Gasteiger charge is 2.28. The van der Waals surface area contributed by atoms with Gasteiger partial charge in [-0.15, -0.1) is 0 Å². The zero-order valence-corrected chi connectivity index (χ0v) is 13.4. The first-order valence-corrected chi connectivity index (χ1v) is 8.96. The van der Waals surface area contributed by atoms with E-state index in [1.807, 2.05) is 6.92 Å². The summed E-state index contributed by atoms with van der Waals surface area (Å²) < 4.78 is 32.9. The average Bonchev–Trinajstić information content (AvgIpc) is 2.92. The lowest BCUT2D eigenvalue weighted by Gasteiger charge is -2.17. The standard InChI is InChI=1S/C15H24N2O3S/c1-3-11-5-6-13(9-14(11)16)21(18,19)17-10-12-7-8-20-15(12)4-2/h5-6,9,12,15,17H,3-4,7-8,10,16H2,1-2H3. The molecule has 0 spiro atoms. The molecular weight excluding hydrogens is 288 g/mol. The molecule has 1 heterocycles. The van der Waals surface area contributed by atoms with Crippen LogP contribution in [0.3, 0.4) is 0 Å². The SMILES string of the molecule is CCc1ccc(S(=O)(=O)NCC2CCOC2CC)cc1N. The lowest BCUT2D eigenvalue weighted by atomic mass is 10.0. The van der Waals surface area contributed by atoms with Crippen LogP contribution in [-0.4, -0.2) is 27.7 Å². The summed E-state index contributed by atoms with van der Waals surface area (Å²) >= 11 is 0. The van der Waals surface area contributed by atoms with Crippen LogP contribution in [0.25, 0.3) is 0 Å². The lowest BCUT2D eigenvalue weighted by molar-refractivity contribution is 0.0884. The first kappa shape index (κ1) is 16.3. The molecule has 21 heavy (non-hydrogen) atoms. The van der Waals surface area contributed by atoms with Crippen LogP contribution in [0.5, 0.6) is 0 Å². The van der Waals surface area contributed by atoms with Crippen molar-refractivity contribution in [2.75, 3.05) is 18.9 Å². The summed E-state index contributed by atoms with van der Waals surface area (Å²) in [6.07, 6.45) is 2.75. The van der Waals surface area contributed by atoms with E-state index < -0.39 is 10.0 Å². The quantitative estimate of drug-likeness (QED) is 0.786. The Balaban J connectivity index is 2.06. The number of hydrogen-bond acceptors (Lipinski definition) is 4. The van der Waals surface area contributed by atoms with Gasteiger partial charge in [-0.25, -0.2) is 13.1 Å². The molecule has 0 radical (unpaired) electrons. The molecular formula is C15H24N2O3S. The fourth-order valence-electron chi connectivity index (χ4n) is 2.74. The first-order chi connectivity index (χ1) is 9.97. The maximum absolute atomic E-state index is 12.3. The van der Waals surface area contributed by atoms with Crippen molar-refractivity contribution in [3.63, 3.8) is 0 Å². The second-order valence-electron chi connectivity index (χ2n) is 5.43. The van der Waals surface area contributed by atoms with Crippen molar-refractivity contribution in [1.82, 2.24) is 4.72 Å². The molecule has 0 aromatic heterocycles. The van der Waals surface area contributed by atoms with Crippen molar-refractivity contribution >= 4 is 15.7 Å². The van der Waals surface area contributed by atoms with E-state index in [0.29, 0.717) is 18.8 Å². The van der Waals surface area contributed by atoms with Crippen LogP contribution < -0.4 is 10.5 Å². The molecule has 0 aliphatic carbocycles. The van der Waals surface area contributed by atoms with E-state index >= 15 is 0 Å². The van der Waals surface area contributed by atoms with Gasteiger partial charge in [0, 0.05) is 24.8 Å². The zero-order valence-electron chi connectivity index (χ0n) is 12.6. The number of benzene rings is 1. The van der Waals surface area contributed by atoms with Gasteiger partial charge < -0.3 is 10.5 Å². The number of nitrogens with one attached hydrogen (secondary N) is 1. The molecule has 2 atom stereocenters. The molecule has 0 amide bonds. The van der Waals surface area contributed by atoms with Crippen molar-refractivity contribution < 1.29 is 13.2 Å². The van der Waals surface area contributed by atoms with Gasteiger partial charge in [-0.05, 0) is 37.0 Å². The van der Waals surface area contributed by atoms with Gasteiger partial charge in [-0.3, -0.25) is 0 Å². The molecule has 0 saturated carbocycles. The molecule has 1 aromatic rings. The second kappa shape index (κ2) is 6.77. The molecule has 3 N–H and O–H groups in total. The van der Waals surface area contributed by atoms with Gasteiger partial charge >= 0.3 is 0 Å². The molecule has 1 aliphatic rings. The summed E-state index contributed by atoms with van der Waals surface area (Å²) in [5, 5.41) is 0. The van der Waals surface area contributed by atoms with Crippen molar-refractivity contribution in [3.05, 3.63) is 23.8 Å². The van der Waals surface area contributed by atoms with Crippen molar-refractivity contribution in [3.8, 4) is 0 Å². The van der Waals surface area contributed by atoms with Crippen LogP contribution >= 0.6 is 0 Å². The van der Waals surface area contributed by atoms with Gasteiger partial charge in [0.1, 0.15) is 0 Å². The molecule has 1 fully saturated rings. The van der Waals surface area contributed by atoms with E-state index in [0.717, 1.165) is 24.8 Å². The van der Waals surface area contributed by atoms with E-state index in [1.54, 1.807) is 12.1 Å². The van der Waals surface area contributed by atoms with Crippen LogP contribution in [0, 0.1) is 5.92 Å². The number of nitrogens with two attached hydrogens (primary N) is 1. The van der Waals surface area contributed by atoms with Crippen molar-refractivity contribution in [1.29, 1.82) is 0 Å². The van der Waals surface area contributed by atoms with E-state index in [-0.39, 0.29) is 16.9 Å². The van der Waals surface area contributed by atoms with Gasteiger partial charge in [0.05, 0.1) is 11.0 Å². The summed E-state index contributed by atoms with van der Waals surface area (Å²) in [7, 11) is -3.51. The third-order valence-corrected chi connectivity index (χ3v) is 5.51. The fourth-order valence-corrected chi connectivity index (χ4v) is 3.87. The van der Waals surface area contributed by atoms with Crippen LogP contribution in [-0.2, 0) is 21.2 Å². The highest BCUT2D eigenvalue weighted by atomic mass is 32.2. The number of anilines is 1. The summed E-state index contributed by atoms with van der Waals surface area (Å²) in [4.78, 5) is 0.226.